The summed E-state index contributed by atoms with van der Waals surface area (Å²) in [5.41, 5.74) is 1.88. The maximum Gasteiger partial charge on any atom is -0.0129 e. The molecule has 1 aliphatic rings. The fourth-order valence-electron chi connectivity index (χ4n) is 4.52. The van der Waals surface area contributed by atoms with Crippen molar-refractivity contribution in [3.8, 4) is 0 Å². The summed E-state index contributed by atoms with van der Waals surface area (Å²) in [6, 6.07) is 0. The number of hydrogen-bond acceptors (Lipinski definition) is 0. The van der Waals surface area contributed by atoms with E-state index in [0.29, 0.717) is 5.41 Å². The van der Waals surface area contributed by atoms with Gasteiger partial charge < -0.3 is 0 Å². The molecule has 0 radical (unpaired) electrons. The van der Waals surface area contributed by atoms with E-state index in [1.54, 1.807) is 0 Å². The van der Waals surface area contributed by atoms with Crippen molar-refractivity contribution in [3.63, 3.8) is 0 Å². The van der Waals surface area contributed by atoms with Crippen LogP contribution in [0.25, 0.3) is 0 Å². The first-order valence-electron chi connectivity index (χ1n) is 7.89. The molecule has 0 saturated heterocycles. The quantitative estimate of drug-likeness (QED) is 0.519. The first-order chi connectivity index (χ1) is 8.24. The largest absolute Gasteiger partial charge is 0.0998 e. The zero-order valence-electron chi connectivity index (χ0n) is 13.6. The summed E-state index contributed by atoms with van der Waals surface area (Å²) in [5, 5.41) is 0. The van der Waals surface area contributed by atoms with Crippen molar-refractivity contribution in [2.45, 2.75) is 73.6 Å². The summed E-state index contributed by atoms with van der Waals surface area (Å²) < 4.78 is 0. The van der Waals surface area contributed by atoms with Gasteiger partial charge in [0.25, 0.3) is 0 Å². The molecule has 0 bridgehead atoms. The molecule has 1 saturated carbocycles. The first kappa shape index (κ1) is 15.8. The van der Waals surface area contributed by atoms with E-state index < -0.39 is 0 Å². The highest BCUT2D eigenvalue weighted by molar-refractivity contribution is 5.07. The monoisotopic (exact) mass is 250 g/mol. The molecule has 0 aromatic carbocycles. The molecule has 1 fully saturated rings. The zero-order valence-corrected chi connectivity index (χ0v) is 13.6. The minimum atomic E-state index is 0.465. The Labute approximate surface area is 115 Å². The van der Waals surface area contributed by atoms with Gasteiger partial charge in [-0.2, -0.15) is 0 Å². The fourth-order valence-corrected chi connectivity index (χ4v) is 4.52. The molecule has 106 valence electrons. The van der Waals surface area contributed by atoms with Gasteiger partial charge in [0.1, 0.15) is 0 Å². The van der Waals surface area contributed by atoms with Crippen LogP contribution < -0.4 is 0 Å². The van der Waals surface area contributed by atoms with E-state index >= 15 is 0 Å². The number of allylic oxidation sites excluding steroid dienone is 1. The van der Waals surface area contributed by atoms with Gasteiger partial charge >= 0.3 is 0 Å². The van der Waals surface area contributed by atoms with Crippen LogP contribution in [0.2, 0.25) is 0 Å². The predicted molar refractivity (Wildman–Crippen MR) is 82.7 cm³/mol. The van der Waals surface area contributed by atoms with Gasteiger partial charge in [-0.15, -0.1) is 0 Å². The molecule has 0 aromatic heterocycles. The highest BCUT2D eigenvalue weighted by Crippen LogP contribution is 2.49. The topological polar surface area (TPSA) is 0 Å². The average Bonchev–Trinajstić information content (AvgIpc) is 2.13. The third-order valence-electron chi connectivity index (χ3n) is 4.82. The smallest absolute Gasteiger partial charge is 0.0129 e. The summed E-state index contributed by atoms with van der Waals surface area (Å²) in [7, 11) is 0. The molecule has 0 spiro atoms. The highest BCUT2D eigenvalue weighted by Gasteiger charge is 2.39. The van der Waals surface area contributed by atoms with Crippen molar-refractivity contribution in [3.05, 3.63) is 12.2 Å². The Hall–Kier alpha value is -0.260. The van der Waals surface area contributed by atoms with Crippen molar-refractivity contribution in [2.75, 3.05) is 0 Å². The van der Waals surface area contributed by atoms with E-state index in [9.17, 15) is 0 Å². The van der Waals surface area contributed by atoms with Crippen LogP contribution in [0, 0.1) is 29.1 Å². The molecule has 0 N–H and O–H groups in total. The maximum absolute atomic E-state index is 4.29. The van der Waals surface area contributed by atoms with Gasteiger partial charge in [0.15, 0.2) is 0 Å². The molecule has 2 unspecified atom stereocenters. The van der Waals surface area contributed by atoms with Gasteiger partial charge in [0.05, 0.1) is 0 Å². The van der Waals surface area contributed by atoms with E-state index in [0.717, 1.165) is 23.7 Å². The van der Waals surface area contributed by atoms with Crippen LogP contribution >= 0.6 is 0 Å². The molecule has 3 atom stereocenters. The minimum absolute atomic E-state index is 0.465. The summed E-state index contributed by atoms with van der Waals surface area (Å²) >= 11 is 0. The molecule has 18 heavy (non-hydrogen) atoms. The van der Waals surface area contributed by atoms with Crippen LogP contribution in [0.15, 0.2) is 12.2 Å². The molecule has 1 rings (SSSR count). The Morgan fingerprint density at radius 3 is 2.39 bits per heavy atom. The first-order valence-corrected chi connectivity index (χ1v) is 7.89. The van der Waals surface area contributed by atoms with E-state index in [-0.39, 0.29) is 0 Å². The van der Waals surface area contributed by atoms with Crippen molar-refractivity contribution >= 4 is 0 Å². The van der Waals surface area contributed by atoms with E-state index in [4.69, 9.17) is 0 Å². The summed E-state index contributed by atoms with van der Waals surface area (Å²) in [5.74, 6) is 3.31. The van der Waals surface area contributed by atoms with Crippen LogP contribution in [0.4, 0.5) is 0 Å². The third-order valence-corrected chi connectivity index (χ3v) is 4.82. The van der Waals surface area contributed by atoms with Crippen molar-refractivity contribution in [1.82, 2.24) is 0 Å². The maximum atomic E-state index is 4.29. The Bertz CT molecular complexity index is 272. The summed E-state index contributed by atoms with van der Waals surface area (Å²) in [4.78, 5) is 0. The van der Waals surface area contributed by atoms with Crippen molar-refractivity contribution in [2.24, 2.45) is 29.1 Å². The van der Waals surface area contributed by atoms with Gasteiger partial charge in [-0.05, 0) is 61.7 Å². The van der Waals surface area contributed by atoms with Crippen molar-refractivity contribution in [1.29, 1.82) is 0 Å². The average molecular weight is 250 g/mol. The lowest BCUT2D eigenvalue weighted by atomic mass is 9.59. The normalized spacial score (nSPS) is 29.3. The molecule has 0 aliphatic heterocycles. The van der Waals surface area contributed by atoms with Gasteiger partial charge in [-0.25, -0.2) is 0 Å². The SMILES string of the molecule is C=C(C)C1C(C[C@H](C)CC(C)C)CCCC1(C)C. The molecular formula is C18H34. The molecule has 0 nitrogen and oxygen atoms in total. The number of rotatable bonds is 5. The molecule has 0 amide bonds. The lowest BCUT2D eigenvalue weighted by Gasteiger charge is -2.45. The highest BCUT2D eigenvalue weighted by atomic mass is 14.4. The second kappa shape index (κ2) is 6.26. The second-order valence-electron chi connectivity index (χ2n) is 7.94. The predicted octanol–water partition coefficient (Wildman–Crippen LogP) is 6.08. The van der Waals surface area contributed by atoms with Gasteiger partial charge in [0.2, 0.25) is 0 Å². The van der Waals surface area contributed by atoms with Crippen LogP contribution in [-0.4, -0.2) is 0 Å². The van der Waals surface area contributed by atoms with Gasteiger partial charge in [-0.3, -0.25) is 0 Å². The van der Waals surface area contributed by atoms with E-state index in [2.05, 4.69) is 48.1 Å². The van der Waals surface area contributed by atoms with Crippen molar-refractivity contribution < 1.29 is 0 Å². The summed E-state index contributed by atoms with van der Waals surface area (Å²) in [6.45, 7) is 18.6. The van der Waals surface area contributed by atoms with Crippen LogP contribution in [0.1, 0.15) is 73.6 Å². The second-order valence-corrected chi connectivity index (χ2v) is 7.94. The molecule has 0 heterocycles. The van der Waals surface area contributed by atoms with Crippen LogP contribution in [0.3, 0.4) is 0 Å². The Morgan fingerprint density at radius 1 is 1.28 bits per heavy atom. The van der Waals surface area contributed by atoms with Crippen LogP contribution in [0.5, 0.6) is 0 Å². The summed E-state index contributed by atoms with van der Waals surface area (Å²) in [6.07, 6.45) is 6.98. The molecular weight excluding hydrogens is 216 g/mol. The Kier molecular flexibility index (Phi) is 5.49. The van der Waals surface area contributed by atoms with Gasteiger partial charge in [0, 0.05) is 0 Å². The zero-order chi connectivity index (χ0) is 13.9. The number of hydrogen-bond donors (Lipinski definition) is 0. The molecule has 0 aromatic rings. The Morgan fingerprint density at radius 2 is 1.89 bits per heavy atom. The van der Waals surface area contributed by atoms with E-state index in [1.165, 1.54) is 37.7 Å². The lowest BCUT2D eigenvalue weighted by Crippen LogP contribution is -2.36. The standard InChI is InChI=1S/C18H34/c1-13(2)11-15(5)12-16-9-8-10-18(6,7)17(16)14(3)4/h13,15-17H,3,8-12H2,1-2,4-7H3/t15-,16?,17?/m1/s1. The van der Waals surface area contributed by atoms with E-state index in [1.807, 2.05) is 0 Å². The molecule has 0 heteroatoms. The van der Waals surface area contributed by atoms with Gasteiger partial charge in [-0.1, -0.05) is 53.2 Å². The fraction of sp³-hybridized carbons (Fsp3) is 0.889. The van der Waals surface area contributed by atoms with Crippen LogP contribution in [-0.2, 0) is 0 Å². The minimum Gasteiger partial charge on any atom is -0.0998 e. The third kappa shape index (κ3) is 4.14. The molecule has 1 aliphatic carbocycles. The Balaban J connectivity index is 2.70. The lowest BCUT2D eigenvalue weighted by molar-refractivity contribution is 0.0858.